The fourth-order valence-corrected chi connectivity index (χ4v) is 3.43. The first-order chi connectivity index (χ1) is 15.2. The molecule has 3 aromatic rings. The van der Waals surface area contributed by atoms with Crippen molar-refractivity contribution >= 4 is 23.7 Å². The number of hydrogen-bond acceptors (Lipinski definition) is 4. The zero-order valence-electron chi connectivity index (χ0n) is 17.0. The Morgan fingerprint density at radius 3 is 2.55 bits per heavy atom. The van der Waals surface area contributed by atoms with E-state index in [0.29, 0.717) is 13.2 Å². The summed E-state index contributed by atoms with van der Waals surface area (Å²) in [6.45, 7) is 0.832. The molecule has 0 aromatic heterocycles. The predicted molar refractivity (Wildman–Crippen MR) is 120 cm³/mol. The van der Waals surface area contributed by atoms with Crippen LogP contribution in [0.2, 0.25) is 0 Å². The topological polar surface area (TPSA) is 71.0 Å². The number of rotatable bonds is 7. The van der Waals surface area contributed by atoms with E-state index in [9.17, 15) is 9.59 Å². The lowest BCUT2D eigenvalue weighted by Gasteiger charge is -2.16. The number of hydrazone groups is 1. The molecule has 6 heteroatoms. The summed E-state index contributed by atoms with van der Waals surface area (Å²) in [5.74, 6) is -0.0254. The second-order valence-electron chi connectivity index (χ2n) is 7.32. The molecule has 0 saturated carbocycles. The normalized spacial score (nSPS) is 15.9. The highest BCUT2D eigenvalue weighted by molar-refractivity contribution is 6.00. The minimum absolute atomic E-state index is 0.0569. The van der Waals surface area contributed by atoms with Crippen molar-refractivity contribution in [2.24, 2.45) is 11.0 Å². The van der Waals surface area contributed by atoms with Crippen LogP contribution in [0.25, 0.3) is 0 Å². The molecule has 2 amide bonds. The van der Waals surface area contributed by atoms with Crippen molar-refractivity contribution in [3.63, 3.8) is 0 Å². The number of para-hydroxylation sites is 1. The molecule has 0 spiro atoms. The first-order valence-electron chi connectivity index (χ1n) is 10.1. The minimum atomic E-state index is -0.426. The van der Waals surface area contributed by atoms with E-state index in [0.717, 1.165) is 22.6 Å². The summed E-state index contributed by atoms with van der Waals surface area (Å²) in [5, 5.41) is 4.06. The van der Waals surface area contributed by atoms with E-state index in [-0.39, 0.29) is 18.2 Å². The third-order valence-corrected chi connectivity index (χ3v) is 5.06. The van der Waals surface area contributed by atoms with Crippen LogP contribution in [0.4, 0.5) is 5.69 Å². The maximum atomic E-state index is 12.5. The number of benzene rings is 3. The Kier molecular flexibility index (Phi) is 6.38. The van der Waals surface area contributed by atoms with E-state index in [1.54, 1.807) is 11.1 Å². The Balaban J connectivity index is 1.30. The summed E-state index contributed by atoms with van der Waals surface area (Å²) >= 11 is 0. The van der Waals surface area contributed by atoms with E-state index in [4.69, 9.17) is 4.74 Å². The molecule has 0 bridgehead atoms. The van der Waals surface area contributed by atoms with Gasteiger partial charge in [0.25, 0.3) is 0 Å². The van der Waals surface area contributed by atoms with Gasteiger partial charge in [0, 0.05) is 18.7 Å². The molecule has 1 N–H and O–H groups in total. The molecular weight excluding hydrogens is 390 g/mol. The Labute approximate surface area is 181 Å². The van der Waals surface area contributed by atoms with Crippen LogP contribution < -0.4 is 15.1 Å². The number of ether oxygens (including phenoxy) is 1. The van der Waals surface area contributed by atoms with E-state index in [1.165, 1.54) is 0 Å². The molecule has 31 heavy (non-hydrogen) atoms. The smallest absolute Gasteiger partial charge is 0.245 e. The van der Waals surface area contributed by atoms with Crippen molar-refractivity contribution in [3.8, 4) is 5.75 Å². The molecule has 156 valence electrons. The highest BCUT2D eigenvalue weighted by atomic mass is 16.5. The van der Waals surface area contributed by atoms with E-state index < -0.39 is 5.92 Å². The monoisotopic (exact) mass is 413 g/mol. The molecule has 1 aliphatic heterocycles. The van der Waals surface area contributed by atoms with Crippen LogP contribution >= 0.6 is 0 Å². The van der Waals surface area contributed by atoms with Gasteiger partial charge in [-0.25, -0.2) is 5.43 Å². The summed E-state index contributed by atoms with van der Waals surface area (Å²) < 4.78 is 5.82. The van der Waals surface area contributed by atoms with E-state index in [1.807, 2.05) is 84.9 Å². The average molecular weight is 413 g/mol. The van der Waals surface area contributed by atoms with Crippen LogP contribution in [0.5, 0.6) is 5.75 Å². The highest BCUT2D eigenvalue weighted by Gasteiger charge is 2.34. The van der Waals surface area contributed by atoms with Gasteiger partial charge in [0.2, 0.25) is 11.8 Å². The van der Waals surface area contributed by atoms with Crippen molar-refractivity contribution in [1.82, 2.24) is 5.43 Å². The lowest BCUT2D eigenvalue weighted by Crippen LogP contribution is -2.30. The number of anilines is 1. The Bertz CT molecular complexity index is 1070. The van der Waals surface area contributed by atoms with Crippen LogP contribution in [-0.4, -0.2) is 24.6 Å². The first kappa shape index (κ1) is 20.3. The van der Waals surface area contributed by atoms with Gasteiger partial charge in [0.15, 0.2) is 0 Å². The Morgan fingerprint density at radius 2 is 1.77 bits per heavy atom. The quantitative estimate of drug-likeness (QED) is 0.473. The number of carbonyl (C=O) groups excluding carboxylic acids is 2. The predicted octanol–water partition coefficient (Wildman–Crippen LogP) is 3.77. The van der Waals surface area contributed by atoms with E-state index in [2.05, 4.69) is 10.5 Å². The van der Waals surface area contributed by atoms with Gasteiger partial charge >= 0.3 is 0 Å². The van der Waals surface area contributed by atoms with Crippen molar-refractivity contribution in [3.05, 3.63) is 96.1 Å². The summed E-state index contributed by atoms with van der Waals surface area (Å²) in [6.07, 6.45) is 1.75. The molecule has 6 nitrogen and oxygen atoms in total. The molecule has 1 atom stereocenters. The zero-order chi connectivity index (χ0) is 21.5. The number of nitrogens with zero attached hydrogens (tertiary/aromatic N) is 2. The minimum Gasteiger partial charge on any atom is -0.489 e. The summed E-state index contributed by atoms with van der Waals surface area (Å²) in [7, 11) is 0. The Hall–Kier alpha value is -3.93. The molecule has 0 aliphatic carbocycles. The van der Waals surface area contributed by atoms with Gasteiger partial charge in [-0.15, -0.1) is 0 Å². The van der Waals surface area contributed by atoms with Gasteiger partial charge in [-0.3, -0.25) is 9.59 Å². The summed E-state index contributed by atoms with van der Waals surface area (Å²) in [5.41, 5.74) is 5.25. The lowest BCUT2D eigenvalue weighted by atomic mass is 10.1. The third-order valence-electron chi connectivity index (χ3n) is 5.06. The van der Waals surface area contributed by atoms with Crippen LogP contribution in [0.1, 0.15) is 17.5 Å². The molecule has 0 radical (unpaired) electrons. The first-order valence-corrected chi connectivity index (χ1v) is 10.1. The molecule has 3 aromatic carbocycles. The zero-order valence-corrected chi connectivity index (χ0v) is 17.0. The number of hydrogen-bond donors (Lipinski definition) is 1. The van der Waals surface area contributed by atoms with Crippen LogP contribution in [0.15, 0.2) is 90.0 Å². The van der Waals surface area contributed by atoms with Gasteiger partial charge in [-0.05, 0) is 35.4 Å². The fraction of sp³-hybridized carbons (Fsp3) is 0.160. The van der Waals surface area contributed by atoms with Crippen LogP contribution in [-0.2, 0) is 16.2 Å². The molecule has 0 unspecified atom stereocenters. The third kappa shape index (κ3) is 5.36. The van der Waals surface area contributed by atoms with Crippen molar-refractivity contribution in [2.75, 3.05) is 11.4 Å². The molecule has 1 heterocycles. The van der Waals surface area contributed by atoms with Crippen LogP contribution in [0, 0.1) is 5.92 Å². The lowest BCUT2D eigenvalue weighted by molar-refractivity contribution is -0.126. The number of carbonyl (C=O) groups is 2. The van der Waals surface area contributed by atoms with Gasteiger partial charge in [0.1, 0.15) is 12.4 Å². The number of nitrogens with one attached hydrogen (secondary N) is 1. The summed E-state index contributed by atoms with van der Waals surface area (Å²) in [4.78, 5) is 26.4. The van der Waals surface area contributed by atoms with Crippen molar-refractivity contribution in [2.45, 2.75) is 13.0 Å². The molecule has 4 rings (SSSR count). The van der Waals surface area contributed by atoms with E-state index >= 15 is 0 Å². The number of amides is 2. The van der Waals surface area contributed by atoms with Gasteiger partial charge in [-0.2, -0.15) is 5.10 Å². The highest BCUT2D eigenvalue weighted by Crippen LogP contribution is 2.24. The second kappa shape index (κ2) is 9.71. The average Bonchev–Trinajstić information content (AvgIpc) is 3.21. The van der Waals surface area contributed by atoms with Crippen LogP contribution in [0.3, 0.4) is 0 Å². The molecular formula is C25H23N3O3. The standard InChI is InChI=1S/C25H23N3O3/c29-24-15-21(17-28(24)22-11-5-2-6-12-22)25(30)27-26-16-20-10-7-13-23(14-20)31-18-19-8-3-1-4-9-19/h1-14,16,21H,15,17-18H2,(H,27,30)/b26-16-/t21-/m0/s1. The van der Waals surface area contributed by atoms with Gasteiger partial charge in [-0.1, -0.05) is 60.7 Å². The SMILES string of the molecule is O=C(N/N=C\c1cccc(OCc2ccccc2)c1)[C@H]1CC(=O)N(c2ccccc2)C1. The maximum Gasteiger partial charge on any atom is 0.245 e. The molecule has 1 aliphatic rings. The fourth-order valence-electron chi connectivity index (χ4n) is 3.43. The Morgan fingerprint density at radius 1 is 1.03 bits per heavy atom. The summed E-state index contributed by atoms with van der Waals surface area (Å²) in [6, 6.07) is 26.8. The maximum absolute atomic E-state index is 12.5. The van der Waals surface area contributed by atoms with Gasteiger partial charge in [0.05, 0.1) is 12.1 Å². The molecule has 1 saturated heterocycles. The molecule has 1 fully saturated rings. The second-order valence-corrected chi connectivity index (χ2v) is 7.32. The largest absolute Gasteiger partial charge is 0.489 e. The van der Waals surface area contributed by atoms with Crippen molar-refractivity contribution < 1.29 is 14.3 Å². The van der Waals surface area contributed by atoms with Crippen molar-refractivity contribution in [1.29, 1.82) is 0 Å². The van der Waals surface area contributed by atoms with Gasteiger partial charge < -0.3 is 9.64 Å².